The smallest absolute Gasteiger partial charge is 0.166 e. The Morgan fingerprint density at radius 1 is 1.38 bits per heavy atom. The summed E-state index contributed by atoms with van der Waals surface area (Å²) >= 11 is 0. The van der Waals surface area contributed by atoms with Gasteiger partial charge in [0, 0.05) is 18.4 Å². The van der Waals surface area contributed by atoms with E-state index in [0.29, 0.717) is 24.8 Å². The lowest BCUT2D eigenvalue weighted by Gasteiger charge is -2.20. The molecule has 1 aromatic heterocycles. The summed E-state index contributed by atoms with van der Waals surface area (Å²) in [6, 6.07) is 0. The van der Waals surface area contributed by atoms with Gasteiger partial charge in [-0.15, -0.1) is 0 Å². The monoisotopic (exact) mass is 219 g/mol. The van der Waals surface area contributed by atoms with Gasteiger partial charge in [0.05, 0.1) is 11.8 Å². The first-order valence-electron chi connectivity index (χ1n) is 6.13. The Hall–Kier alpha value is -1.09. The lowest BCUT2D eigenvalue weighted by atomic mass is 9.83. The van der Waals surface area contributed by atoms with Crippen LogP contribution < -0.4 is 5.73 Å². The number of carbonyl (C=O) groups excluding carboxylic acids is 1. The third kappa shape index (κ3) is 1.59. The third-order valence-electron chi connectivity index (χ3n) is 3.71. The Morgan fingerprint density at radius 2 is 2.19 bits per heavy atom. The Labute approximate surface area is 95.0 Å². The van der Waals surface area contributed by atoms with E-state index >= 15 is 0 Å². The van der Waals surface area contributed by atoms with Gasteiger partial charge in [-0.05, 0) is 37.6 Å². The molecule has 1 unspecified atom stereocenters. The third-order valence-corrected chi connectivity index (χ3v) is 3.71. The first-order chi connectivity index (χ1) is 7.79. The van der Waals surface area contributed by atoms with Crippen LogP contribution in [0.1, 0.15) is 53.3 Å². The zero-order chi connectivity index (χ0) is 11.1. The maximum atomic E-state index is 12.1. The van der Waals surface area contributed by atoms with Crippen LogP contribution in [0.4, 0.5) is 0 Å². The molecule has 0 saturated heterocycles. The first kappa shape index (κ1) is 10.1. The van der Waals surface area contributed by atoms with E-state index in [4.69, 9.17) is 10.2 Å². The zero-order valence-electron chi connectivity index (χ0n) is 9.37. The van der Waals surface area contributed by atoms with Gasteiger partial charge in [0.2, 0.25) is 0 Å². The largest absolute Gasteiger partial charge is 0.468 e. The predicted molar refractivity (Wildman–Crippen MR) is 60.5 cm³/mol. The molecule has 2 aliphatic carbocycles. The molecule has 1 aromatic rings. The number of ketones is 1. The van der Waals surface area contributed by atoms with Crippen LogP contribution in [0.3, 0.4) is 0 Å². The van der Waals surface area contributed by atoms with Crippen molar-refractivity contribution in [3.8, 4) is 0 Å². The van der Waals surface area contributed by atoms with Gasteiger partial charge in [-0.2, -0.15) is 0 Å². The van der Waals surface area contributed by atoms with Gasteiger partial charge in [-0.3, -0.25) is 4.79 Å². The van der Waals surface area contributed by atoms with Crippen molar-refractivity contribution in [2.24, 2.45) is 11.7 Å². The highest BCUT2D eigenvalue weighted by Crippen LogP contribution is 2.45. The number of hydrogen-bond acceptors (Lipinski definition) is 3. The summed E-state index contributed by atoms with van der Waals surface area (Å²) in [4.78, 5) is 12.1. The Bertz CT molecular complexity index is 418. The molecule has 0 aliphatic heterocycles. The highest BCUT2D eigenvalue weighted by Gasteiger charge is 2.35. The zero-order valence-corrected chi connectivity index (χ0v) is 9.37. The fourth-order valence-electron chi connectivity index (χ4n) is 2.71. The maximum Gasteiger partial charge on any atom is 0.166 e. The van der Waals surface area contributed by atoms with Crippen molar-refractivity contribution >= 4 is 5.78 Å². The lowest BCUT2D eigenvalue weighted by Crippen LogP contribution is -2.22. The molecule has 1 saturated carbocycles. The van der Waals surface area contributed by atoms with Gasteiger partial charge in [-0.1, -0.05) is 0 Å². The van der Waals surface area contributed by atoms with Gasteiger partial charge in [0.15, 0.2) is 5.78 Å². The Balaban J connectivity index is 1.89. The van der Waals surface area contributed by atoms with E-state index in [2.05, 4.69) is 0 Å². The molecular formula is C13H17NO2. The minimum atomic E-state index is 0.273. The van der Waals surface area contributed by atoms with Crippen molar-refractivity contribution < 1.29 is 9.21 Å². The highest BCUT2D eigenvalue weighted by atomic mass is 16.3. The SMILES string of the molecule is NCCC1CC(=O)c2c(C3CC3)coc2C1. The fourth-order valence-corrected chi connectivity index (χ4v) is 2.71. The molecule has 0 bridgehead atoms. The quantitative estimate of drug-likeness (QED) is 0.848. The van der Waals surface area contributed by atoms with E-state index in [1.54, 1.807) is 0 Å². The summed E-state index contributed by atoms with van der Waals surface area (Å²) in [5.74, 6) is 2.18. The number of fused-ring (bicyclic) bond motifs is 1. The molecule has 0 radical (unpaired) electrons. The van der Waals surface area contributed by atoms with Gasteiger partial charge in [0.25, 0.3) is 0 Å². The van der Waals surface area contributed by atoms with E-state index in [-0.39, 0.29) is 5.78 Å². The second-order valence-corrected chi connectivity index (χ2v) is 5.04. The van der Waals surface area contributed by atoms with Gasteiger partial charge in [0.1, 0.15) is 5.76 Å². The van der Waals surface area contributed by atoms with Crippen molar-refractivity contribution in [3.63, 3.8) is 0 Å². The van der Waals surface area contributed by atoms with E-state index in [9.17, 15) is 4.79 Å². The molecule has 1 heterocycles. The molecule has 0 amide bonds. The van der Waals surface area contributed by atoms with Crippen molar-refractivity contribution in [2.75, 3.05) is 6.54 Å². The van der Waals surface area contributed by atoms with E-state index < -0.39 is 0 Å². The lowest BCUT2D eigenvalue weighted by molar-refractivity contribution is 0.0941. The number of carbonyl (C=O) groups is 1. The minimum Gasteiger partial charge on any atom is -0.468 e. The molecule has 0 aromatic carbocycles. The summed E-state index contributed by atoms with van der Waals surface area (Å²) in [6.45, 7) is 0.656. The van der Waals surface area contributed by atoms with Crippen molar-refractivity contribution in [3.05, 3.63) is 23.2 Å². The molecule has 16 heavy (non-hydrogen) atoms. The standard InChI is InChI=1S/C13H17NO2/c14-4-3-8-5-11(15)13-10(9-1-2-9)7-16-12(13)6-8/h7-9H,1-6,14H2. The van der Waals surface area contributed by atoms with Crippen LogP contribution in [0.15, 0.2) is 10.7 Å². The Morgan fingerprint density at radius 3 is 2.88 bits per heavy atom. The molecule has 0 spiro atoms. The van der Waals surface area contributed by atoms with Gasteiger partial charge >= 0.3 is 0 Å². The molecule has 1 fully saturated rings. The van der Waals surface area contributed by atoms with E-state index in [0.717, 1.165) is 24.2 Å². The topological polar surface area (TPSA) is 56.2 Å². The molecule has 2 aliphatic rings. The summed E-state index contributed by atoms with van der Waals surface area (Å²) in [6.07, 6.45) is 6.71. The molecule has 1 atom stereocenters. The average Bonchev–Trinajstić information content (AvgIpc) is 3.00. The molecule has 86 valence electrons. The predicted octanol–water partition coefficient (Wildman–Crippen LogP) is 2.25. The van der Waals surface area contributed by atoms with E-state index in [1.165, 1.54) is 18.4 Å². The molecule has 2 N–H and O–H groups in total. The number of hydrogen-bond donors (Lipinski definition) is 1. The number of rotatable bonds is 3. The summed E-state index contributed by atoms with van der Waals surface area (Å²) in [5.41, 5.74) is 7.63. The van der Waals surface area contributed by atoms with Crippen LogP contribution in [-0.2, 0) is 6.42 Å². The van der Waals surface area contributed by atoms with Crippen LogP contribution in [0.2, 0.25) is 0 Å². The van der Waals surface area contributed by atoms with Gasteiger partial charge < -0.3 is 10.2 Å². The van der Waals surface area contributed by atoms with Crippen LogP contribution in [0.25, 0.3) is 0 Å². The average molecular weight is 219 g/mol. The van der Waals surface area contributed by atoms with Crippen molar-refractivity contribution in [1.82, 2.24) is 0 Å². The summed E-state index contributed by atoms with van der Waals surface area (Å²) in [7, 11) is 0. The van der Waals surface area contributed by atoms with Crippen LogP contribution in [0, 0.1) is 5.92 Å². The number of furan rings is 1. The summed E-state index contributed by atoms with van der Waals surface area (Å²) < 4.78 is 5.57. The van der Waals surface area contributed by atoms with Crippen molar-refractivity contribution in [2.45, 2.75) is 38.0 Å². The molecule has 3 rings (SSSR count). The maximum absolute atomic E-state index is 12.1. The van der Waals surface area contributed by atoms with Crippen molar-refractivity contribution in [1.29, 1.82) is 0 Å². The Kier molecular flexibility index (Phi) is 2.36. The van der Waals surface area contributed by atoms with Crippen LogP contribution in [-0.4, -0.2) is 12.3 Å². The van der Waals surface area contributed by atoms with Crippen LogP contribution >= 0.6 is 0 Å². The second-order valence-electron chi connectivity index (χ2n) is 5.04. The molecule has 3 heteroatoms. The molecule has 3 nitrogen and oxygen atoms in total. The van der Waals surface area contributed by atoms with E-state index in [1.807, 2.05) is 6.26 Å². The fraction of sp³-hybridized carbons (Fsp3) is 0.615. The summed E-state index contributed by atoms with van der Waals surface area (Å²) in [5, 5.41) is 0. The number of Topliss-reactive ketones (excluding diaryl/α,β-unsaturated/α-hetero) is 1. The highest BCUT2D eigenvalue weighted by molar-refractivity contribution is 5.99. The van der Waals surface area contributed by atoms with Gasteiger partial charge in [-0.25, -0.2) is 0 Å². The number of nitrogens with two attached hydrogens (primary N) is 1. The first-order valence-corrected chi connectivity index (χ1v) is 6.13. The van der Waals surface area contributed by atoms with Crippen LogP contribution in [0.5, 0.6) is 0 Å². The molecular weight excluding hydrogens is 202 g/mol. The second kappa shape index (κ2) is 3.74. The minimum absolute atomic E-state index is 0.273. The normalized spacial score (nSPS) is 24.6.